The molecule has 2 aromatic rings. The van der Waals surface area contributed by atoms with Gasteiger partial charge in [-0.1, -0.05) is 83.1 Å². The molecule has 2 aromatic carbocycles. The highest BCUT2D eigenvalue weighted by molar-refractivity contribution is 5.84. The number of benzene rings is 2. The Hall–Kier alpha value is -2.03. The minimum absolute atomic E-state index is 0.0414. The minimum atomic E-state index is -0.125. The van der Waals surface area contributed by atoms with Crippen LogP contribution in [0, 0.1) is 0 Å². The maximum absolute atomic E-state index is 11.4. The van der Waals surface area contributed by atoms with Crippen molar-refractivity contribution in [2.45, 2.75) is 97.5 Å². The van der Waals surface area contributed by atoms with Crippen LogP contribution in [0.25, 0.3) is 10.8 Å². The lowest BCUT2D eigenvalue weighted by Gasteiger charge is -2.13. The standard InChI is InChI=1S/C27H40O3/c1-4-6-7-8-9-10-11-12-19-29-26-18-17-24-20-23(15-16-25(24)21-26)14-13-22(3)30-27(28)5-2/h15-18,20-22H,4-14,19H2,1-3H3. The Morgan fingerprint density at radius 2 is 1.53 bits per heavy atom. The molecule has 30 heavy (non-hydrogen) atoms. The van der Waals surface area contributed by atoms with E-state index in [2.05, 4.69) is 43.3 Å². The SMILES string of the molecule is CCCCCCCCCCOc1ccc2cc(CCC(C)OC(=O)CC)ccc2c1. The number of esters is 1. The summed E-state index contributed by atoms with van der Waals surface area (Å²) in [5, 5.41) is 2.43. The van der Waals surface area contributed by atoms with Crippen molar-refractivity contribution in [1.29, 1.82) is 0 Å². The van der Waals surface area contributed by atoms with Crippen LogP contribution in [0.4, 0.5) is 0 Å². The lowest BCUT2D eigenvalue weighted by molar-refractivity contribution is -0.148. The lowest BCUT2D eigenvalue weighted by atomic mass is 10.0. The third-order valence-corrected chi connectivity index (χ3v) is 5.60. The summed E-state index contributed by atoms with van der Waals surface area (Å²) in [7, 11) is 0. The number of fused-ring (bicyclic) bond motifs is 1. The van der Waals surface area contributed by atoms with E-state index in [1.165, 1.54) is 61.3 Å². The number of carbonyl (C=O) groups is 1. The van der Waals surface area contributed by atoms with E-state index < -0.39 is 0 Å². The van der Waals surface area contributed by atoms with Crippen LogP contribution in [0.1, 0.15) is 90.5 Å². The summed E-state index contributed by atoms with van der Waals surface area (Å²) in [5.74, 6) is 0.832. The summed E-state index contributed by atoms with van der Waals surface area (Å²) in [6.07, 6.45) is 12.7. The Labute approximate surface area is 183 Å². The first-order valence-electron chi connectivity index (χ1n) is 12.0. The molecular weight excluding hydrogens is 372 g/mol. The Bertz CT molecular complexity index is 753. The first kappa shape index (κ1) is 24.2. The fraction of sp³-hybridized carbons (Fsp3) is 0.593. The molecule has 1 unspecified atom stereocenters. The van der Waals surface area contributed by atoms with Crippen molar-refractivity contribution >= 4 is 16.7 Å². The summed E-state index contributed by atoms with van der Waals surface area (Å²) in [4.78, 5) is 11.4. The summed E-state index contributed by atoms with van der Waals surface area (Å²) in [5.41, 5.74) is 1.27. The highest BCUT2D eigenvalue weighted by atomic mass is 16.5. The van der Waals surface area contributed by atoms with Crippen molar-refractivity contribution in [3.8, 4) is 5.75 Å². The van der Waals surface area contributed by atoms with Gasteiger partial charge in [-0.3, -0.25) is 4.79 Å². The van der Waals surface area contributed by atoms with Gasteiger partial charge in [0.1, 0.15) is 5.75 Å². The molecule has 2 rings (SSSR count). The van der Waals surface area contributed by atoms with Crippen LogP contribution >= 0.6 is 0 Å². The molecule has 0 heterocycles. The van der Waals surface area contributed by atoms with E-state index in [0.717, 1.165) is 31.6 Å². The van der Waals surface area contributed by atoms with Crippen molar-refractivity contribution in [3.63, 3.8) is 0 Å². The highest BCUT2D eigenvalue weighted by Crippen LogP contribution is 2.23. The largest absolute Gasteiger partial charge is 0.494 e. The van der Waals surface area contributed by atoms with Crippen LogP contribution in [0.3, 0.4) is 0 Å². The van der Waals surface area contributed by atoms with E-state index >= 15 is 0 Å². The van der Waals surface area contributed by atoms with Crippen LogP contribution < -0.4 is 4.74 Å². The van der Waals surface area contributed by atoms with Gasteiger partial charge in [0, 0.05) is 6.42 Å². The zero-order valence-electron chi connectivity index (χ0n) is 19.3. The molecule has 0 N–H and O–H groups in total. The second-order valence-corrected chi connectivity index (χ2v) is 8.36. The van der Waals surface area contributed by atoms with Crippen LogP contribution in [0.5, 0.6) is 5.75 Å². The molecule has 0 radical (unpaired) electrons. The van der Waals surface area contributed by atoms with Crippen molar-refractivity contribution in [2.75, 3.05) is 6.61 Å². The maximum atomic E-state index is 11.4. The third-order valence-electron chi connectivity index (χ3n) is 5.60. The van der Waals surface area contributed by atoms with E-state index in [1.54, 1.807) is 0 Å². The molecule has 0 aliphatic heterocycles. The Morgan fingerprint density at radius 1 is 0.867 bits per heavy atom. The van der Waals surface area contributed by atoms with Gasteiger partial charge in [0.25, 0.3) is 0 Å². The average molecular weight is 413 g/mol. The fourth-order valence-corrected chi connectivity index (χ4v) is 3.68. The first-order chi connectivity index (χ1) is 14.6. The summed E-state index contributed by atoms with van der Waals surface area (Å²) in [6.45, 7) is 6.85. The maximum Gasteiger partial charge on any atom is 0.305 e. The molecule has 166 valence electrons. The number of carbonyl (C=O) groups excluding carboxylic acids is 1. The van der Waals surface area contributed by atoms with E-state index in [4.69, 9.17) is 9.47 Å². The van der Waals surface area contributed by atoms with Gasteiger partial charge in [-0.2, -0.15) is 0 Å². The molecule has 0 aliphatic rings. The monoisotopic (exact) mass is 412 g/mol. The molecule has 0 saturated carbocycles. The van der Waals surface area contributed by atoms with Gasteiger partial charge in [0.05, 0.1) is 12.7 Å². The first-order valence-corrected chi connectivity index (χ1v) is 12.0. The van der Waals surface area contributed by atoms with Crippen molar-refractivity contribution in [1.82, 2.24) is 0 Å². The van der Waals surface area contributed by atoms with Crippen molar-refractivity contribution in [2.24, 2.45) is 0 Å². The summed E-state index contributed by atoms with van der Waals surface area (Å²) in [6, 6.07) is 12.9. The van der Waals surface area contributed by atoms with Gasteiger partial charge in [0.15, 0.2) is 0 Å². The van der Waals surface area contributed by atoms with Crippen molar-refractivity contribution < 1.29 is 14.3 Å². The van der Waals surface area contributed by atoms with Crippen LogP contribution in [-0.2, 0) is 16.0 Å². The lowest BCUT2D eigenvalue weighted by Crippen LogP contribution is -2.14. The van der Waals surface area contributed by atoms with Gasteiger partial charge < -0.3 is 9.47 Å². The second-order valence-electron chi connectivity index (χ2n) is 8.36. The normalized spacial score (nSPS) is 12.1. The number of unbranched alkanes of at least 4 members (excludes halogenated alkanes) is 7. The van der Waals surface area contributed by atoms with E-state index in [9.17, 15) is 4.79 Å². The predicted octanol–water partition coefficient (Wildman–Crippen LogP) is 7.63. The van der Waals surface area contributed by atoms with Gasteiger partial charge in [-0.05, 0) is 54.7 Å². The number of ether oxygens (including phenoxy) is 2. The zero-order chi connectivity index (χ0) is 21.6. The molecule has 0 aliphatic carbocycles. The Balaban J connectivity index is 1.72. The second kappa shape index (κ2) is 14.1. The molecule has 0 amide bonds. The van der Waals surface area contributed by atoms with Crippen LogP contribution in [0.2, 0.25) is 0 Å². The fourth-order valence-electron chi connectivity index (χ4n) is 3.68. The topological polar surface area (TPSA) is 35.5 Å². The van der Waals surface area contributed by atoms with E-state index in [1.807, 2.05) is 13.8 Å². The van der Waals surface area contributed by atoms with Gasteiger partial charge in [-0.15, -0.1) is 0 Å². The molecular formula is C27H40O3. The molecule has 0 aromatic heterocycles. The molecule has 3 nitrogen and oxygen atoms in total. The van der Waals surface area contributed by atoms with Gasteiger partial charge in [0.2, 0.25) is 0 Å². The number of hydrogen-bond acceptors (Lipinski definition) is 3. The predicted molar refractivity (Wildman–Crippen MR) is 126 cm³/mol. The smallest absolute Gasteiger partial charge is 0.305 e. The molecule has 1 atom stereocenters. The summed E-state index contributed by atoms with van der Waals surface area (Å²) < 4.78 is 11.3. The van der Waals surface area contributed by atoms with Crippen LogP contribution in [0.15, 0.2) is 36.4 Å². The van der Waals surface area contributed by atoms with Crippen LogP contribution in [-0.4, -0.2) is 18.7 Å². The van der Waals surface area contributed by atoms with Gasteiger partial charge >= 0.3 is 5.97 Å². The Kier molecular flexibility index (Phi) is 11.4. The molecule has 0 spiro atoms. The van der Waals surface area contributed by atoms with E-state index in [-0.39, 0.29) is 12.1 Å². The molecule has 3 heteroatoms. The Morgan fingerprint density at radius 3 is 2.27 bits per heavy atom. The zero-order valence-corrected chi connectivity index (χ0v) is 19.3. The number of hydrogen-bond donors (Lipinski definition) is 0. The summed E-state index contributed by atoms with van der Waals surface area (Å²) >= 11 is 0. The molecule has 0 saturated heterocycles. The molecule has 0 fully saturated rings. The third kappa shape index (κ3) is 9.19. The number of aryl methyl sites for hydroxylation is 1. The minimum Gasteiger partial charge on any atom is -0.494 e. The average Bonchev–Trinajstić information content (AvgIpc) is 2.76. The highest BCUT2D eigenvalue weighted by Gasteiger charge is 2.08. The quantitative estimate of drug-likeness (QED) is 0.223. The molecule has 0 bridgehead atoms. The van der Waals surface area contributed by atoms with E-state index in [0.29, 0.717) is 6.42 Å². The number of rotatable bonds is 15. The van der Waals surface area contributed by atoms with Crippen molar-refractivity contribution in [3.05, 3.63) is 42.0 Å². The van der Waals surface area contributed by atoms with Gasteiger partial charge in [-0.25, -0.2) is 0 Å².